The molecule has 2 fully saturated rings. The molecule has 0 amide bonds. The highest BCUT2D eigenvalue weighted by Crippen LogP contribution is 2.39. The van der Waals surface area contributed by atoms with E-state index in [1.54, 1.807) is 0 Å². The minimum absolute atomic E-state index is 0.525. The van der Waals surface area contributed by atoms with E-state index in [0.29, 0.717) is 11.0 Å². The van der Waals surface area contributed by atoms with E-state index in [0.717, 1.165) is 18.0 Å². The molecule has 0 spiro atoms. The van der Waals surface area contributed by atoms with E-state index in [1.165, 1.54) is 49.8 Å². The maximum absolute atomic E-state index is 5.94. The van der Waals surface area contributed by atoms with Crippen molar-refractivity contribution in [2.24, 2.45) is 11.7 Å². The third-order valence-corrected chi connectivity index (χ3v) is 5.19. The van der Waals surface area contributed by atoms with Gasteiger partial charge >= 0.3 is 0 Å². The van der Waals surface area contributed by atoms with E-state index in [9.17, 15) is 0 Å². The van der Waals surface area contributed by atoms with Gasteiger partial charge in [0.1, 0.15) is 4.99 Å². The second-order valence-corrected chi connectivity index (χ2v) is 6.77. The molecule has 1 saturated heterocycles. The molecule has 1 aromatic carbocycles. The molecule has 0 radical (unpaired) electrons. The molecular formula is C17H24N2S. The zero-order valence-corrected chi connectivity index (χ0v) is 13.1. The molecule has 3 rings (SSSR count). The maximum atomic E-state index is 5.94. The first kappa shape index (κ1) is 13.9. The minimum atomic E-state index is 0.525. The van der Waals surface area contributed by atoms with E-state index in [2.05, 4.69) is 30.0 Å². The predicted molar refractivity (Wildman–Crippen MR) is 89.4 cm³/mol. The van der Waals surface area contributed by atoms with Crippen molar-refractivity contribution >= 4 is 22.9 Å². The van der Waals surface area contributed by atoms with Gasteiger partial charge in [-0.2, -0.15) is 0 Å². The van der Waals surface area contributed by atoms with E-state index in [4.69, 9.17) is 18.0 Å². The average Bonchev–Trinajstić information content (AvgIpc) is 3.09. The van der Waals surface area contributed by atoms with Gasteiger partial charge in [-0.1, -0.05) is 31.1 Å². The van der Waals surface area contributed by atoms with Crippen LogP contribution in [0.3, 0.4) is 0 Å². The molecule has 1 unspecified atom stereocenters. The molecule has 1 atom stereocenters. The summed E-state index contributed by atoms with van der Waals surface area (Å²) in [7, 11) is 0. The number of benzene rings is 1. The van der Waals surface area contributed by atoms with Crippen molar-refractivity contribution in [3.8, 4) is 0 Å². The van der Waals surface area contributed by atoms with Gasteiger partial charge in [0.2, 0.25) is 0 Å². The molecule has 1 aliphatic heterocycles. The molecule has 1 heterocycles. The van der Waals surface area contributed by atoms with Gasteiger partial charge < -0.3 is 10.6 Å². The van der Waals surface area contributed by atoms with Crippen molar-refractivity contribution in [3.05, 3.63) is 29.3 Å². The zero-order valence-electron chi connectivity index (χ0n) is 12.3. The highest BCUT2D eigenvalue weighted by atomic mass is 32.1. The van der Waals surface area contributed by atoms with Crippen molar-refractivity contribution in [1.82, 2.24) is 0 Å². The zero-order chi connectivity index (χ0) is 14.1. The molecule has 2 N–H and O–H groups in total. The topological polar surface area (TPSA) is 29.3 Å². The van der Waals surface area contributed by atoms with Crippen molar-refractivity contribution in [3.63, 3.8) is 0 Å². The maximum Gasteiger partial charge on any atom is 0.106 e. The molecule has 20 heavy (non-hydrogen) atoms. The van der Waals surface area contributed by atoms with Crippen LogP contribution in [0.1, 0.15) is 49.7 Å². The molecule has 2 nitrogen and oxygen atoms in total. The summed E-state index contributed by atoms with van der Waals surface area (Å²) in [5, 5.41) is 0. The fourth-order valence-electron chi connectivity index (χ4n) is 4.01. The summed E-state index contributed by atoms with van der Waals surface area (Å²) in [5.41, 5.74) is 9.55. The van der Waals surface area contributed by atoms with Gasteiger partial charge in [0.15, 0.2) is 0 Å². The van der Waals surface area contributed by atoms with Gasteiger partial charge in [-0.15, -0.1) is 0 Å². The summed E-state index contributed by atoms with van der Waals surface area (Å²) in [6.07, 6.45) is 8.24. The van der Waals surface area contributed by atoms with Crippen molar-refractivity contribution in [1.29, 1.82) is 0 Å². The molecule has 0 aromatic heterocycles. The molecule has 0 bridgehead atoms. The van der Waals surface area contributed by atoms with Gasteiger partial charge in [-0.25, -0.2) is 0 Å². The van der Waals surface area contributed by atoms with Crippen LogP contribution in [0.4, 0.5) is 5.69 Å². The Hall–Kier alpha value is -1.09. The van der Waals surface area contributed by atoms with Gasteiger partial charge in [0, 0.05) is 23.8 Å². The van der Waals surface area contributed by atoms with Gasteiger partial charge in [0.05, 0.1) is 0 Å². The number of aryl methyl sites for hydroxylation is 1. The summed E-state index contributed by atoms with van der Waals surface area (Å²) in [4.78, 5) is 3.12. The molecule has 1 aromatic rings. The highest BCUT2D eigenvalue weighted by Gasteiger charge is 2.34. The normalized spacial score (nSPS) is 23.4. The highest BCUT2D eigenvalue weighted by molar-refractivity contribution is 7.80. The summed E-state index contributed by atoms with van der Waals surface area (Å²) in [5.74, 6) is 0.872. The number of hydrogen-bond acceptors (Lipinski definition) is 2. The molecule has 2 aliphatic rings. The van der Waals surface area contributed by atoms with Crippen LogP contribution in [-0.4, -0.2) is 17.6 Å². The standard InChI is InChI=1S/C17H24N2S/c1-12-8-9-14(17(18)20)16(11-12)19-10-4-7-15(19)13-5-2-3-6-13/h8-9,11,13,15H,2-7,10H2,1H3,(H2,18,20). The fourth-order valence-corrected chi connectivity index (χ4v) is 4.18. The van der Waals surface area contributed by atoms with Gasteiger partial charge in [0.25, 0.3) is 0 Å². The third kappa shape index (κ3) is 2.56. The average molecular weight is 288 g/mol. The van der Waals surface area contributed by atoms with Crippen LogP contribution >= 0.6 is 12.2 Å². The third-order valence-electron chi connectivity index (χ3n) is 4.97. The largest absolute Gasteiger partial charge is 0.389 e. The molecule has 108 valence electrons. The predicted octanol–water partition coefficient (Wildman–Crippen LogP) is 3.79. The monoisotopic (exact) mass is 288 g/mol. The first-order valence-corrected chi connectivity index (χ1v) is 8.25. The van der Waals surface area contributed by atoms with Crippen LogP contribution in [0.5, 0.6) is 0 Å². The molecule has 1 aliphatic carbocycles. The first-order valence-electron chi connectivity index (χ1n) is 7.84. The summed E-state index contributed by atoms with van der Waals surface area (Å²) in [6, 6.07) is 7.17. The minimum Gasteiger partial charge on any atom is -0.389 e. The lowest BCUT2D eigenvalue weighted by atomic mass is 9.95. The number of anilines is 1. The quantitative estimate of drug-likeness (QED) is 0.858. The lowest BCUT2D eigenvalue weighted by Crippen LogP contribution is -2.36. The number of nitrogens with two attached hydrogens (primary N) is 1. The smallest absolute Gasteiger partial charge is 0.106 e. The van der Waals surface area contributed by atoms with Crippen LogP contribution in [0.15, 0.2) is 18.2 Å². The van der Waals surface area contributed by atoms with Crippen molar-refractivity contribution in [2.45, 2.75) is 51.5 Å². The van der Waals surface area contributed by atoms with Crippen LogP contribution < -0.4 is 10.6 Å². The Labute approximate surface area is 127 Å². The molecule has 3 heteroatoms. The van der Waals surface area contributed by atoms with Crippen LogP contribution in [0, 0.1) is 12.8 Å². The Bertz CT molecular complexity index is 506. The van der Waals surface area contributed by atoms with Crippen LogP contribution in [0.2, 0.25) is 0 Å². The Kier molecular flexibility index (Phi) is 3.97. The van der Waals surface area contributed by atoms with Crippen molar-refractivity contribution in [2.75, 3.05) is 11.4 Å². The lowest BCUT2D eigenvalue weighted by Gasteiger charge is -2.33. The van der Waals surface area contributed by atoms with E-state index in [-0.39, 0.29) is 0 Å². The first-order chi connectivity index (χ1) is 9.66. The van der Waals surface area contributed by atoms with Gasteiger partial charge in [-0.05, 0) is 56.2 Å². The molecule has 1 saturated carbocycles. The molecular weight excluding hydrogens is 264 g/mol. The second kappa shape index (κ2) is 5.72. The summed E-state index contributed by atoms with van der Waals surface area (Å²) < 4.78 is 0. The number of thiocarbonyl (C=S) groups is 1. The van der Waals surface area contributed by atoms with E-state index >= 15 is 0 Å². The van der Waals surface area contributed by atoms with Crippen molar-refractivity contribution < 1.29 is 0 Å². The van der Waals surface area contributed by atoms with Crippen LogP contribution in [-0.2, 0) is 0 Å². The number of nitrogens with zero attached hydrogens (tertiary/aromatic N) is 1. The second-order valence-electron chi connectivity index (χ2n) is 6.33. The lowest BCUT2D eigenvalue weighted by molar-refractivity contribution is 0.430. The SMILES string of the molecule is Cc1ccc(C(N)=S)c(N2CCCC2C2CCCC2)c1. The Morgan fingerprint density at radius 2 is 1.95 bits per heavy atom. The number of hydrogen-bond donors (Lipinski definition) is 1. The Morgan fingerprint density at radius 3 is 2.65 bits per heavy atom. The Morgan fingerprint density at radius 1 is 1.20 bits per heavy atom. The van der Waals surface area contributed by atoms with Crippen LogP contribution in [0.25, 0.3) is 0 Å². The Balaban J connectivity index is 1.94. The van der Waals surface area contributed by atoms with E-state index < -0.39 is 0 Å². The summed E-state index contributed by atoms with van der Waals surface area (Å²) in [6.45, 7) is 3.30. The van der Waals surface area contributed by atoms with E-state index in [1.807, 2.05) is 0 Å². The van der Waals surface area contributed by atoms with Gasteiger partial charge in [-0.3, -0.25) is 0 Å². The fraction of sp³-hybridized carbons (Fsp3) is 0.588. The summed E-state index contributed by atoms with van der Waals surface area (Å²) >= 11 is 5.25. The number of rotatable bonds is 3.